The van der Waals surface area contributed by atoms with E-state index in [0.717, 1.165) is 0 Å². The van der Waals surface area contributed by atoms with Gasteiger partial charge in [-0.25, -0.2) is 17.5 Å². The lowest BCUT2D eigenvalue weighted by atomic mass is 10.2. The maximum Gasteiger partial charge on any atom is 0.246 e. The largest absolute Gasteiger partial charge is 0.383 e. The summed E-state index contributed by atoms with van der Waals surface area (Å²) >= 11 is 0. The highest BCUT2D eigenvalue weighted by Gasteiger charge is 2.24. The van der Waals surface area contributed by atoms with Gasteiger partial charge >= 0.3 is 0 Å². The number of nitrogens with one attached hydrogen (secondary N) is 1. The average molecular weight is 298 g/mol. The van der Waals surface area contributed by atoms with Crippen LogP contribution in [0.3, 0.4) is 0 Å². The molecular weight excluding hydrogens is 283 g/mol. The molecule has 1 heterocycles. The lowest BCUT2D eigenvalue weighted by Gasteiger charge is -2.07. The fourth-order valence-electron chi connectivity index (χ4n) is 1.84. The molecule has 3 N–H and O–H groups in total. The summed E-state index contributed by atoms with van der Waals surface area (Å²) in [7, 11) is -2.19. The zero-order valence-corrected chi connectivity index (χ0v) is 11.9. The first-order chi connectivity index (χ1) is 9.31. The van der Waals surface area contributed by atoms with Crippen molar-refractivity contribution in [3.8, 4) is 0 Å². The number of hydrogen-bond acceptors (Lipinski definition) is 4. The van der Waals surface area contributed by atoms with E-state index in [4.69, 9.17) is 5.73 Å². The number of nitrogen functional groups attached to an aromatic ring is 1. The molecule has 0 aliphatic rings. The number of sulfonamides is 1. The van der Waals surface area contributed by atoms with Crippen LogP contribution in [0, 0.1) is 12.7 Å². The minimum Gasteiger partial charge on any atom is -0.383 e. The van der Waals surface area contributed by atoms with Crippen LogP contribution in [-0.4, -0.2) is 18.2 Å². The zero-order valence-electron chi connectivity index (χ0n) is 11.1. The lowest BCUT2D eigenvalue weighted by molar-refractivity contribution is 0.581. The molecule has 0 saturated carbocycles. The summed E-state index contributed by atoms with van der Waals surface area (Å²) in [6.45, 7) is 1.62. The molecule has 0 unspecified atom stereocenters. The first-order valence-corrected chi connectivity index (χ1v) is 7.33. The highest BCUT2D eigenvalue weighted by molar-refractivity contribution is 7.89. The molecule has 1 aromatic heterocycles. The predicted octanol–water partition coefficient (Wildman–Crippen LogP) is 0.928. The molecule has 20 heavy (non-hydrogen) atoms. The van der Waals surface area contributed by atoms with Crippen molar-refractivity contribution in [3.63, 3.8) is 0 Å². The topological polar surface area (TPSA) is 90.0 Å². The molecule has 2 rings (SSSR count). The molecule has 6 nitrogen and oxygen atoms in total. The molecule has 108 valence electrons. The van der Waals surface area contributed by atoms with E-state index in [-0.39, 0.29) is 23.1 Å². The third-order valence-corrected chi connectivity index (χ3v) is 4.42. The van der Waals surface area contributed by atoms with Crippen LogP contribution < -0.4 is 10.5 Å². The van der Waals surface area contributed by atoms with Gasteiger partial charge in [0, 0.05) is 13.6 Å². The van der Waals surface area contributed by atoms with Crippen molar-refractivity contribution in [3.05, 3.63) is 41.3 Å². The second-order valence-electron chi connectivity index (χ2n) is 4.37. The third-order valence-electron chi connectivity index (χ3n) is 2.86. The van der Waals surface area contributed by atoms with Crippen LogP contribution in [0.25, 0.3) is 0 Å². The SMILES string of the molecule is Cc1nn(C)c(N)c1S(=O)(=O)NCc1ccc(F)cc1. The molecule has 1 aromatic carbocycles. The number of nitrogens with two attached hydrogens (primary N) is 1. The second-order valence-corrected chi connectivity index (χ2v) is 6.08. The monoisotopic (exact) mass is 298 g/mol. The Morgan fingerprint density at radius 1 is 1.35 bits per heavy atom. The number of hydrogen-bond donors (Lipinski definition) is 2. The quantitative estimate of drug-likeness (QED) is 0.878. The molecule has 0 saturated heterocycles. The molecule has 0 radical (unpaired) electrons. The van der Waals surface area contributed by atoms with Crippen LogP contribution in [-0.2, 0) is 23.6 Å². The van der Waals surface area contributed by atoms with E-state index >= 15 is 0 Å². The number of halogens is 1. The van der Waals surface area contributed by atoms with E-state index in [1.54, 1.807) is 14.0 Å². The number of nitrogens with zero attached hydrogens (tertiary/aromatic N) is 2. The summed E-state index contributed by atoms with van der Waals surface area (Å²) in [4.78, 5) is -0.0258. The number of rotatable bonds is 4. The van der Waals surface area contributed by atoms with E-state index in [2.05, 4.69) is 9.82 Å². The van der Waals surface area contributed by atoms with E-state index in [0.29, 0.717) is 11.3 Å². The van der Waals surface area contributed by atoms with Gasteiger partial charge in [0.15, 0.2) is 0 Å². The van der Waals surface area contributed by atoms with E-state index in [1.807, 2.05) is 0 Å². The number of aryl methyl sites for hydroxylation is 2. The first kappa shape index (κ1) is 14.5. The third kappa shape index (κ3) is 2.81. The van der Waals surface area contributed by atoms with Gasteiger partial charge in [-0.1, -0.05) is 12.1 Å². The number of aromatic nitrogens is 2. The summed E-state index contributed by atoms with van der Waals surface area (Å²) in [6.07, 6.45) is 0. The van der Waals surface area contributed by atoms with Gasteiger partial charge in [0.2, 0.25) is 10.0 Å². The summed E-state index contributed by atoms with van der Waals surface area (Å²) in [5.41, 5.74) is 6.69. The number of anilines is 1. The van der Waals surface area contributed by atoms with E-state index in [9.17, 15) is 12.8 Å². The molecular formula is C12H15FN4O2S. The highest BCUT2D eigenvalue weighted by Crippen LogP contribution is 2.21. The Morgan fingerprint density at radius 3 is 2.45 bits per heavy atom. The summed E-state index contributed by atoms with van der Waals surface area (Å²) < 4.78 is 40.9. The summed E-state index contributed by atoms with van der Waals surface area (Å²) in [6, 6.07) is 5.56. The Balaban J connectivity index is 2.21. The predicted molar refractivity (Wildman–Crippen MR) is 72.8 cm³/mol. The van der Waals surface area contributed by atoms with Gasteiger partial charge in [0.05, 0.1) is 5.69 Å². The smallest absolute Gasteiger partial charge is 0.246 e. The molecule has 8 heteroatoms. The van der Waals surface area contributed by atoms with Gasteiger partial charge < -0.3 is 5.73 Å². The van der Waals surface area contributed by atoms with Gasteiger partial charge in [-0.2, -0.15) is 5.10 Å². The molecule has 0 atom stereocenters. The lowest BCUT2D eigenvalue weighted by Crippen LogP contribution is -2.24. The van der Waals surface area contributed by atoms with Crippen molar-refractivity contribution in [2.24, 2.45) is 7.05 Å². The molecule has 2 aromatic rings. The molecule has 0 aliphatic heterocycles. The maximum atomic E-state index is 12.8. The Labute approximate surface area is 116 Å². The number of benzene rings is 1. The van der Waals surface area contributed by atoms with Gasteiger partial charge in [-0.3, -0.25) is 4.68 Å². The van der Waals surface area contributed by atoms with Crippen molar-refractivity contribution in [1.82, 2.24) is 14.5 Å². The van der Waals surface area contributed by atoms with Crippen molar-refractivity contribution in [1.29, 1.82) is 0 Å². The van der Waals surface area contributed by atoms with Crippen LogP contribution in [0.2, 0.25) is 0 Å². The van der Waals surface area contributed by atoms with Crippen LogP contribution in [0.1, 0.15) is 11.3 Å². The Hall–Kier alpha value is -1.93. The molecule has 0 aliphatic carbocycles. The Kier molecular flexibility index (Phi) is 3.78. The van der Waals surface area contributed by atoms with Crippen LogP contribution >= 0.6 is 0 Å². The fraction of sp³-hybridized carbons (Fsp3) is 0.250. The minimum atomic E-state index is -3.76. The Bertz CT molecular complexity index is 723. The molecule has 0 spiro atoms. The second kappa shape index (κ2) is 5.22. The van der Waals surface area contributed by atoms with Crippen molar-refractivity contribution in [2.45, 2.75) is 18.4 Å². The van der Waals surface area contributed by atoms with Gasteiger partial charge in [-0.05, 0) is 24.6 Å². The summed E-state index contributed by atoms with van der Waals surface area (Å²) in [5.74, 6) is -0.293. The highest BCUT2D eigenvalue weighted by atomic mass is 32.2. The van der Waals surface area contributed by atoms with E-state index in [1.165, 1.54) is 28.9 Å². The zero-order chi connectivity index (χ0) is 14.9. The Morgan fingerprint density at radius 2 is 1.95 bits per heavy atom. The maximum absolute atomic E-state index is 12.8. The summed E-state index contributed by atoms with van der Waals surface area (Å²) in [5, 5.41) is 3.97. The van der Waals surface area contributed by atoms with Crippen LogP contribution in [0.15, 0.2) is 29.2 Å². The first-order valence-electron chi connectivity index (χ1n) is 5.84. The minimum absolute atomic E-state index is 0.0258. The van der Waals surface area contributed by atoms with Crippen LogP contribution in [0.4, 0.5) is 10.2 Å². The van der Waals surface area contributed by atoms with Gasteiger partial charge in [0.25, 0.3) is 0 Å². The van der Waals surface area contributed by atoms with Gasteiger partial charge in [0.1, 0.15) is 16.5 Å². The van der Waals surface area contributed by atoms with Gasteiger partial charge in [-0.15, -0.1) is 0 Å². The van der Waals surface area contributed by atoms with Crippen LogP contribution in [0.5, 0.6) is 0 Å². The normalized spacial score (nSPS) is 11.8. The molecule has 0 bridgehead atoms. The van der Waals surface area contributed by atoms with Crippen molar-refractivity contribution in [2.75, 3.05) is 5.73 Å². The van der Waals surface area contributed by atoms with E-state index < -0.39 is 10.0 Å². The fourth-order valence-corrected chi connectivity index (χ4v) is 3.18. The molecule has 0 amide bonds. The molecule has 0 fully saturated rings. The van der Waals surface area contributed by atoms with Crippen molar-refractivity contribution < 1.29 is 12.8 Å². The van der Waals surface area contributed by atoms with Crippen molar-refractivity contribution >= 4 is 15.8 Å². The average Bonchev–Trinajstić information content (AvgIpc) is 2.63. The standard InChI is InChI=1S/C12H15FN4O2S/c1-8-11(12(14)17(2)16-8)20(18,19)15-7-9-3-5-10(13)6-4-9/h3-6,15H,7,14H2,1-2H3.